The molecule has 0 bridgehead atoms. The number of aromatic nitrogens is 4. The summed E-state index contributed by atoms with van der Waals surface area (Å²) in [5.41, 5.74) is 7.70. The fraction of sp³-hybridized carbons (Fsp3) is 0.300. The molecule has 1 unspecified atom stereocenters. The zero-order chi connectivity index (χ0) is 29.8. The number of benzene rings is 2. The molecule has 2 aromatic heterocycles. The van der Waals surface area contributed by atoms with Crippen molar-refractivity contribution in [2.75, 3.05) is 49.6 Å². The summed E-state index contributed by atoms with van der Waals surface area (Å²) in [7, 11) is 0. The molecule has 2 fully saturated rings. The summed E-state index contributed by atoms with van der Waals surface area (Å²) < 4.78 is 5.32. The van der Waals surface area contributed by atoms with Gasteiger partial charge < -0.3 is 30.9 Å². The van der Waals surface area contributed by atoms with Gasteiger partial charge in [0, 0.05) is 48.9 Å². The van der Waals surface area contributed by atoms with Crippen molar-refractivity contribution < 1.29 is 19.1 Å². The lowest BCUT2D eigenvalue weighted by Gasteiger charge is -2.33. The van der Waals surface area contributed by atoms with Crippen molar-refractivity contribution in [3.63, 3.8) is 0 Å². The van der Waals surface area contributed by atoms with Crippen LogP contribution in [0.3, 0.4) is 0 Å². The van der Waals surface area contributed by atoms with Gasteiger partial charge in [0.1, 0.15) is 5.69 Å². The summed E-state index contributed by atoms with van der Waals surface area (Å²) in [5, 5.41) is 15.4. The van der Waals surface area contributed by atoms with E-state index in [1.165, 1.54) is 0 Å². The number of nitrogens with one attached hydrogen (secondary N) is 2. The molecule has 0 radical (unpaired) electrons. The highest BCUT2D eigenvalue weighted by Gasteiger charge is 2.26. The molecule has 13 heteroatoms. The smallest absolute Gasteiger partial charge is 0.273 e. The topological polar surface area (TPSA) is 169 Å². The molecule has 2 aliphatic rings. The lowest BCUT2D eigenvalue weighted by Crippen LogP contribution is -2.48. The van der Waals surface area contributed by atoms with Crippen LogP contribution in [0.1, 0.15) is 44.2 Å². The van der Waals surface area contributed by atoms with E-state index in [0.29, 0.717) is 62.3 Å². The zero-order valence-electron chi connectivity index (χ0n) is 23.4. The Kier molecular flexibility index (Phi) is 8.05. The fourth-order valence-corrected chi connectivity index (χ4v) is 5.21. The minimum atomic E-state index is -0.778. The Balaban J connectivity index is 1.14. The van der Waals surface area contributed by atoms with E-state index in [1.807, 2.05) is 35.2 Å². The molecule has 0 spiro atoms. The Morgan fingerprint density at radius 3 is 2.49 bits per heavy atom. The number of nitrogens with zero attached hydrogens (tertiary/aromatic N) is 6. The number of primary amides is 1. The molecular weight excluding hydrogens is 550 g/mol. The highest BCUT2D eigenvalue weighted by Crippen LogP contribution is 2.23. The summed E-state index contributed by atoms with van der Waals surface area (Å²) in [6.45, 7) is 3.26. The van der Waals surface area contributed by atoms with E-state index in [-0.39, 0.29) is 29.4 Å². The molecule has 0 aliphatic carbocycles. The monoisotopic (exact) mass is 581 g/mol. The zero-order valence-corrected chi connectivity index (χ0v) is 23.4. The number of carbonyl (C=O) groups excluding carboxylic acids is 3. The molecule has 3 amide bonds. The number of rotatable bonds is 7. The van der Waals surface area contributed by atoms with Crippen LogP contribution < -0.4 is 21.3 Å². The molecule has 0 saturated carbocycles. The summed E-state index contributed by atoms with van der Waals surface area (Å²) in [6, 6.07) is 18.0. The van der Waals surface area contributed by atoms with Crippen molar-refractivity contribution in [2.45, 2.75) is 18.9 Å². The number of hydrogen-bond donors (Lipinski definition) is 3. The number of pyridine rings is 1. The number of carbonyl (C=O) groups is 3. The number of hydrogen-bond acceptors (Lipinski definition) is 10. The van der Waals surface area contributed by atoms with Gasteiger partial charge in [-0.25, -0.2) is 4.98 Å². The highest BCUT2D eigenvalue weighted by molar-refractivity contribution is 5.97. The van der Waals surface area contributed by atoms with Gasteiger partial charge in [-0.15, -0.1) is 10.2 Å². The molecule has 13 nitrogen and oxygen atoms in total. The number of anilines is 3. The molecule has 1 atom stereocenters. The molecule has 4 N–H and O–H groups in total. The Hall–Kier alpha value is -5.17. The third kappa shape index (κ3) is 6.36. The highest BCUT2D eigenvalue weighted by atomic mass is 16.5. The first-order chi connectivity index (χ1) is 20.9. The Morgan fingerprint density at radius 2 is 1.70 bits per heavy atom. The van der Waals surface area contributed by atoms with Crippen LogP contribution >= 0.6 is 0 Å². The van der Waals surface area contributed by atoms with Gasteiger partial charge in [-0.1, -0.05) is 24.3 Å². The van der Waals surface area contributed by atoms with Crippen molar-refractivity contribution in [3.05, 3.63) is 77.6 Å². The van der Waals surface area contributed by atoms with Gasteiger partial charge in [-0.2, -0.15) is 4.98 Å². The molecular formula is C30H31N9O4. The van der Waals surface area contributed by atoms with Gasteiger partial charge in [0.25, 0.3) is 17.7 Å². The van der Waals surface area contributed by atoms with Crippen molar-refractivity contribution in [1.82, 2.24) is 30.4 Å². The second kappa shape index (κ2) is 12.4. The number of para-hydroxylation sites is 1. The van der Waals surface area contributed by atoms with Crippen molar-refractivity contribution >= 4 is 46.1 Å². The molecule has 220 valence electrons. The maximum absolute atomic E-state index is 13.0. The van der Waals surface area contributed by atoms with Crippen LogP contribution in [0.5, 0.6) is 0 Å². The van der Waals surface area contributed by atoms with Crippen molar-refractivity contribution in [1.29, 1.82) is 0 Å². The standard InChI is InChI=1S/C30H31N9O4/c31-26(40)25-27(32-21-10-7-20(8-11-21)29(42)38-14-16-43-17-15-38)35-30(37-36-25)39-13-3-5-22(18-39)33-28(41)24-12-9-19-4-1-2-6-23(19)34-24/h1-2,4,6-12,22H,3,5,13-18H2,(H2,31,40)(H,33,41)(H,32,35,37). The van der Waals surface area contributed by atoms with E-state index in [9.17, 15) is 14.4 Å². The summed E-state index contributed by atoms with van der Waals surface area (Å²) in [5.74, 6) is -0.647. The van der Waals surface area contributed by atoms with Crippen LogP contribution in [0.25, 0.3) is 10.9 Å². The van der Waals surface area contributed by atoms with Crippen LogP contribution in [0, 0.1) is 0 Å². The SMILES string of the molecule is NC(=O)c1nnc(N2CCCC(NC(=O)c3ccc4ccccc4n3)C2)nc1Nc1ccc(C(=O)N2CCOCC2)cc1. The average molecular weight is 582 g/mol. The van der Waals surface area contributed by atoms with Crippen LogP contribution in [0.4, 0.5) is 17.5 Å². The van der Waals surface area contributed by atoms with Crippen LogP contribution in [0.2, 0.25) is 0 Å². The number of ether oxygens (including phenoxy) is 1. The van der Waals surface area contributed by atoms with Gasteiger partial charge in [0.15, 0.2) is 11.5 Å². The maximum atomic E-state index is 13.0. The predicted octanol–water partition coefficient (Wildman–Crippen LogP) is 2.13. The Labute approximate surface area is 247 Å². The normalized spacial score (nSPS) is 17.0. The minimum absolute atomic E-state index is 0.0678. The number of morpholine rings is 1. The minimum Gasteiger partial charge on any atom is -0.378 e. The van der Waals surface area contributed by atoms with Crippen LogP contribution in [-0.4, -0.2) is 88.2 Å². The maximum Gasteiger partial charge on any atom is 0.273 e. The molecule has 2 aromatic carbocycles. The first-order valence-electron chi connectivity index (χ1n) is 14.1. The second-order valence-electron chi connectivity index (χ2n) is 10.4. The van der Waals surface area contributed by atoms with Gasteiger partial charge in [-0.05, 0) is 49.2 Å². The van der Waals surface area contributed by atoms with Gasteiger partial charge >= 0.3 is 0 Å². The summed E-state index contributed by atoms with van der Waals surface area (Å²) in [4.78, 5) is 50.6. The van der Waals surface area contributed by atoms with Gasteiger partial charge in [0.05, 0.1) is 18.7 Å². The first kappa shape index (κ1) is 28.0. The van der Waals surface area contributed by atoms with Crippen molar-refractivity contribution in [2.24, 2.45) is 5.73 Å². The van der Waals surface area contributed by atoms with E-state index in [1.54, 1.807) is 35.2 Å². The molecule has 2 aliphatic heterocycles. The quantitative estimate of drug-likeness (QED) is 0.294. The average Bonchev–Trinajstić information content (AvgIpc) is 3.05. The first-order valence-corrected chi connectivity index (χ1v) is 14.1. The van der Waals surface area contributed by atoms with Gasteiger partial charge in [0.2, 0.25) is 5.95 Å². The van der Waals surface area contributed by atoms with Gasteiger partial charge in [-0.3, -0.25) is 14.4 Å². The molecule has 4 heterocycles. The second-order valence-corrected chi connectivity index (χ2v) is 10.4. The third-order valence-electron chi connectivity index (χ3n) is 7.47. The van der Waals surface area contributed by atoms with E-state index < -0.39 is 5.91 Å². The van der Waals surface area contributed by atoms with Crippen LogP contribution in [0.15, 0.2) is 60.7 Å². The van der Waals surface area contributed by atoms with E-state index in [0.717, 1.165) is 23.7 Å². The predicted molar refractivity (Wildman–Crippen MR) is 159 cm³/mol. The number of amides is 3. The van der Waals surface area contributed by atoms with Crippen LogP contribution in [-0.2, 0) is 4.74 Å². The van der Waals surface area contributed by atoms with E-state index >= 15 is 0 Å². The lowest BCUT2D eigenvalue weighted by molar-refractivity contribution is 0.0303. The lowest BCUT2D eigenvalue weighted by atomic mass is 10.1. The molecule has 2 saturated heterocycles. The Morgan fingerprint density at radius 1 is 0.907 bits per heavy atom. The molecule has 4 aromatic rings. The Bertz CT molecular complexity index is 1660. The molecule has 6 rings (SSSR count). The number of nitrogens with two attached hydrogens (primary N) is 1. The third-order valence-corrected chi connectivity index (χ3v) is 7.47. The largest absolute Gasteiger partial charge is 0.378 e. The summed E-state index contributed by atoms with van der Waals surface area (Å²) in [6.07, 6.45) is 1.57. The van der Waals surface area contributed by atoms with Crippen molar-refractivity contribution in [3.8, 4) is 0 Å². The molecule has 43 heavy (non-hydrogen) atoms. The summed E-state index contributed by atoms with van der Waals surface area (Å²) >= 11 is 0. The number of fused-ring (bicyclic) bond motifs is 1. The van der Waals surface area contributed by atoms with E-state index in [2.05, 4.69) is 30.8 Å². The van der Waals surface area contributed by atoms with E-state index in [4.69, 9.17) is 10.5 Å². The fourth-order valence-electron chi connectivity index (χ4n) is 5.21. The number of piperidine rings is 1.